The molecule has 142 valence electrons. The summed E-state index contributed by atoms with van der Waals surface area (Å²) in [6, 6.07) is 13.6. The molecule has 0 radical (unpaired) electrons. The Morgan fingerprint density at radius 1 is 1.14 bits per heavy atom. The van der Waals surface area contributed by atoms with Gasteiger partial charge < -0.3 is 9.32 Å². The minimum Gasteiger partial charge on any atom is -0.448 e. The predicted octanol–water partition coefficient (Wildman–Crippen LogP) is 3.30. The van der Waals surface area contributed by atoms with Gasteiger partial charge in [-0.05, 0) is 30.9 Å². The Kier molecular flexibility index (Phi) is 3.96. The number of hydrogen-bond donors (Lipinski definition) is 0. The van der Waals surface area contributed by atoms with Crippen molar-refractivity contribution in [3.05, 3.63) is 66.0 Å². The average Bonchev–Trinajstić information content (AvgIpc) is 3.46. The van der Waals surface area contributed by atoms with Gasteiger partial charge in [0.25, 0.3) is 5.91 Å². The van der Waals surface area contributed by atoms with Crippen LogP contribution in [0.4, 0.5) is 4.39 Å². The molecule has 0 unspecified atom stereocenters. The summed E-state index contributed by atoms with van der Waals surface area (Å²) in [6.07, 6.45) is 3.52. The highest BCUT2D eigenvalue weighted by Crippen LogP contribution is 2.47. The molecule has 2 aliphatic rings. The number of oxazole rings is 1. The first-order valence-corrected chi connectivity index (χ1v) is 9.41. The predicted molar refractivity (Wildman–Crippen MR) is 99.2 cm³/mol. The van der Waals surface area contributed by atoms with E-state index in [2.05, 4.69) is 15.2 Å². The SMILES string of the molecule is O=C(c1coc(Cc2ccc(-c3ccccc3)nn2)n1)N1CC(F)(C2CC2)C1. The molecule has 0 atom stereocenters. The molecule has 1 saturated heterocycles. The molecule has 7 heteroatoms. The number of carbonyl (C=O) groups is 1. The Morgan fingerprint density at radius 2 is 1.93 bits per heavy atom. The van der Waals surface area contributed by atoms with Crippen LogP contribution in [0.25, 0.3) is 11.3 Å². The fourth-order valence-corrected chi connectivity index (χ4v) is 3.62. The second kappa shape index (κ2) is 6.51. The monoisotopic (exact) mass is 378 g/mol. The maximum Gasteiger partial charge on any atom is 0.276 e. The van der Waals surface area contributed by atoms with E-state index in [1.54, 1.807) is 0 Å². The van der Waals surface area contributed by atoms with Crippen molar-refractivity contribution in [2.45, 2.75) is 24.9 Å². The number of likely N-dealkylation sites (tertiary alicyclic amines) is 1. The number of alkyl halides is 1. The molecule has 28 heavy (non-hydrogen) atoms. The fourth-order valence-electron chi connectivity index (χ4n) is 3.62. The summed E-state index contributed by atoms with van der Waals surface area (Å²) in [6.45, 7) is 0.316. The quantitative estimate of drug-likeness (QED) is 0.681. The van der Waals surface area contributed by atoms with Crippen LogP contribution in [-0.4, -0.2) is 44.7 Å². The van der Waals surface area contributed by atoms with Gasteiger partial charge >= 0.3 is 0 Å². The Bertz CT molecular complexity index is 993. The molecule has 0 N–H and O–H groups in total. The summed E-state index contributed by atoms with van der Waals surface area (Å²) < 4.78 is 19.8. The van der Waals surface area contributed by atoms with Crippen LogP contribution in [0, 0.1) is 5.92 Å². The topological polar surface area (TPSA) is 72.1 Å². The lowest BCUT2D eigenvalue weighted by atomic mass is 9.90. The third kappa shape index (κ3) is 3.17. The largest absolute Gasteiger partial charge is 0.448 e. The van der Waals surface area contributed by atoms with Crippen molar-refractivity contribution in [2.75, 3.05) is 13.1 Å². The molecule has 6 nitrogen and oxygen atoms in total. The molecule has 2 fully saturated rings. The van der Waals surface area contributed by atoms with Crippen molar-refractivity contribution in [2.24, 2.45) is 5.92 Å². The van der Waals surface area contributed by atoms with Crippen molar-refractivity contribution in [1.82, 2.24) is 20.1 Å². The van der Waals surface area contributed by atoms with E-state index >= 15 is 0 Å². The number of carbonyl (C=O) groups excluding carboxylic acids is 1. The van der Waals surface area contributed by atoms with E-state index in [0.717, 1.165) is 24.1 Å². The molecule has 0 spiro atoms. The number of amides is 1. The maximum absolute atomic E-state index is 14.4. The minimum absolute atomic E-state index is 0.127. The van der Waals surface area contributed by atoms with E-state index in [-0.39, 0.29) is 30.6 Å². The Labute approximate surface area is 161 Å². The second-order valence-corrected chi connectivity index (χ2v) is 7.55. The molecule has 1 aromatic carbocycles. The van der Waals surface area contributed by atoms with Crippen molar-refractivity contribution < 1.29 is 13.6 Å². The van der Waals surface area contributed by atoms with Crippen LogP contribution in [0.2, 0.25) is 0 Å². The van der Waals surface area contributed by atoms with Gasteiger partial charge in [-0.25, -0.2) is 9.37 Å². The van der Waals surface area contributed by atoms with E-state index in [1.807, 2.05) is 42.5 Å². The third-order valence-corrected chi connectivity index (χ3v) is 5.40. The molecule has 3 heterocycles. The highest BCUT2D eigenvalue weighted by Gasteiger charge is 2.55. The highest BCUT2D eigenvalue weighted by molar-refractivity contribution is 5.92. The summed E-state index contributed by atoms with van der Waals surface area (Å²) in [5.41, 5.74) is 1.49. The lowest BCUT2D eigenvalue weighted by molar-refractivity contribution is -0.0339. The molecule has 3 aromatic rings. The van der Waals surface area contributed by atoms with Crippen LogP contribution >= 0.6 is 0 Å². The van der Waals surface area contributed by atoms with Crippen LogP contribution in [0.5, 0.6) is 0 Å². The zero-order chi connectivity index (χ0) is 19.1. The number of hydrogen-bond acceptors (Lipinski definition) is 5. The average molecular weight is 378 g/mol. The molecule has 1 saturated carbocycles. The van der Waals surface area contributed by atoms with Gasteiger partial charge in [0.15, 0.2) is 5.69 Å². The lowest BCUT2D eigenvalue weighted by Crippen LogP contribution is -2.62. The Balaban J connectivity index is 1.22. The summed E-state index contributed by atoms with van der Waals surface area (Å²) in [4.78, 5) is 18.2. The van der Waals surface area contributed by atoms with Crippen LogP contribution in [0.1, 0.15) is 34.9 Å². The summed E-state index contributed by atoms with van der Waals surface area (Å²) in [5, 5.41) is 8.46. The van der Waals surface area contributed by atoms with Gasteiger partial charge in [0.1, 0.15) is 11.9 Å². The standard InChI is InChI=1S/C21H19FN4O2/c22-21(15-6-7-15)12-26(13-21)20(27)18-11-28-19(23-18)10-16-8-9-17(25-24-16)14-4-2-1-3-5-14/h1-5,8-9,11,15H,6-7,10,12-13H2. The molecule has 1 amide bonds. The van der Waals surface area contributed by atoms with Gasteiger partial charge in [0.05, 0.1) is 30.9 Å². The first kappa shape index (κ1) is 17.0. The van der Waals surface area contributed by atoms with Crippen molar-refractivity contribution in [3.8, 4) is 11.3 Å². The first-order chi connectivity index (χ1) is 13.6. The van der Waals surface area contributed by atoms with Crippen molar-refractivity contribution in [1.29, 1.82) is 0 Å². The van der Waals surface area contributed by atoms with E-state index in [0.29, 0.717) is 18.0 Å². The highest BCUT2D eigenvalue weighted by atomic mass is 19.1. The molecule has 1 aliphatic carbocycles. The molecule has 0 bridgehead atoms. The van der Waals surface area contributed by atoms with E-state index < -0.39 is 5.67 Å². The van der Waals surface area contributed by atoms with Crippen LogP contribution in [0.3, 0.4) is 0 Å². The van der Waals surface area contributed by atoms with Gasteiger partial charge in [-0.1, -0.05) is 30.3 Å². The van der Waals surface area contributed by atoms with Gasteiger partial charge in [-0.3, -0.25) is 4.79 Å². The van der Waals surface area contributed by atoms with Gasteiger partial charge in [-0.2, -0.15) is 10.2 Å². The van der Waals surface area contributed by atoms with Crippen LogP contribution < -0.4 is 0 Å². The zero-order valence-corrected chi connectivity index (χ0v) is 15.2. The summed E-state index contributed by atoms with van der Waals surface area (Å²) in [5.74, 6) is 0.232. The van der Waals surface area contributed by atoms with E-state index in [1.165, 1.54) is 11.2 Å². The number of halogens is 1. The van der Waals surface area contributed by atoms with Gasteiger partial charge in [0.2, 0.25) is 5.89 Å². The van der Waals surface area contributed by atoms with Crippen molar-refractivity contribution in [3.63, 3.8) is 0 Å². The molecule has 5 rings (SSSR count). The second-order valence-electron chi connectivity index (χ2n) is 7.55. The molecular formula is C21H19FN4O2. The number of rotatable bonds is 5. The zero-order valence-electron chi connectivity index (χ0n) is 15.2. The summed E-state index contributed by atoms with van der Waals surface area (Å²) >= 11 is 0. The van der Waals surface area contributed by atoms with E-state index in [9.17, 15) is 9.18 Å². The first-order valence-electron chi connectivity index (χ1n) is 9.41. The smallest absolute Gasteiger partial charge is 0.276 e. The molecule has 1 aliphatic heterocycles. The minimum atomic E-state index is -1.20. The van der Waals surface area contributed by atoms with Gasteiger partial charge in [-0.15, -0.1) is 0 Å². The lowest BCUT2D eigenvalue weighted by Gasteiger charge is -2.44. The van der Waals surface area contributed by atoms with Crippen molar-refractivity contribution >= 4 is 5.91 Å². The molecule has 2 aromatic heterocycles. The fraction of sp³-hybridized carbons (Fsp3) is 0.333. The number of benzene rings is 1. The number of nitrogens with zero attached hydrogens (tertiary/aromatic N) is 4. The molecular weight excluding hydrogens is 359 g/mol. The van der Waals surface area contributed by atoms with Crippen LogP contribution in [0.15, 0.2) is 53.1 Å². The Hall–Kier alpha value is -3.09. The number of aromatic nitrogens is 3. The summed E-state index contributed by atoms with van der Waals surface area (Å²) in [7, 11) is 0. The van der Waals surface area contributed by atoms with Gasteiger partial charge in [0, 0.05) is 5.56 Å². The van der Waals surface area contributed by atoms with E-state index in [4.69, 9.17) is 4.42 Å². The maximum atomic E-state index is 14.4. The third-order valence-electron chi connectivity index (χ3n) is 5.40. The Morgan fingerprint density at radius 3 is 2.61 bits per heavy atom. The normalized spacial score (nSPS) is 18.0. The van der Waals surface area contributed by atoms with Crippen LogP contribution in [-0.2, 0) is 6.42 Å².